The van der Waals surface area contributed by atoms with Crippen LogP contribution in [0.5, 0.6) is 0 Å². The minimum atomic E-state index is -1.55. The fourth-order valence-electron chi connectivity index (χ4n) is 2.75. The van der Waals surface area contributed by atoms with E-state index in [2.05, 4.69) is 44.6 Å². The summed E-state index contributed by atoms with van der Waals surface area (Å²) < 4.78 is 11.9. The largest absolute Gasteiger partial charge is 0.416 e. The average molecular weight is 375 g/mol. The molecule has 0 spiro atoms. The number of amides is 2. The molecule has 7 heteroatoms. The summed E-state index contributed by atoms with van der Waals surface area (Å²) in [5, 5.41) is 3.21. The third kappa shape index (κ3) is 10.5. The zero-order valence-electron chi connectivity index (χ0n) is 16.6. The fourth-order valence-corrected chi connectivity index (χ4v) is 4.16. The van der Waals surface area contributed by atoms with Crippen molar-refractivity contribution in [2.75, 3.05) is 26.3 Å². The third-order valence-electron chi connectivity index (χ3n) is 4.01. The first-order valence-electron chi connectivity index (χ1n) is 9.40. The van der Waals surface area contributed by atoms with E-state index < -0.39 is 16.6 Å². The summed E-state index contributed by atoms with van der Waals surface area (Å²) in [6.45, 7) is 15.5. The van der Waals surface area contributed by atoms with Gasteiger partial charge in [-0.25, -0.2) is 4.79 Å². The molecule has 1 rings (SSSR count). The number of urea groups is 1. The van der Waals surface area contributed by atoms with E-state index in [4.69, 9.17) is 8.85 Å². The molecule has 0 heterocycles. The van der Waals surface area contributed by atoms with Gasteiger partial charge in [0.15, 0.2) is 16.6 Å². The van der Waals surface area contributed by atoms with E-state index in [-0.39, 0.29) is 6.03 Å². The normalized spacial score (nSPS) is 16.9. The Morgan fingerprint density at radius 2 is 1.38 bits per heavy atom. The first-order chi connectivity index (χ1) is 11.1. The van der Waals surface area contributed by atoms with Crippen LogP contribution in [0, 0.1) is 0 Å². The van der Waals surface area contributed by atoms with Crippen molar-refractivity contribution in [2.45, 2.75) is 77.4 Å². The number of carbonyl (C=O) groups is 1. The summed E-state index contributed by atoms with van der Waals surface area (Å²) >= 11 is 0. The van der Waals surface area contributed by atoms with Gasteiger partial charge in [0.2, 0.25) is 0 Å². The lowest BCUT2D eigenvalue weighted by atomic mass is 9.96. The van der Waals surface area contributed by atoms with E-state index in [1.165, 1.54) is 19.3 Å². The van der Waals surface area contributed by atoms with E-state index >= 15 is 0 Å². The van der Waals surface area contributed by atoms with E-state index in [1.54, 1.807) is 0 Å². The Balaban J connectivity index is 2.49. The second-order valence-corrected chi connectivity index (χ2v) is 17.7. The summed E-state index contributed by atoms with van der Waals surface area (Å²) in [4.78, 5) is 14.5. The highest BCUT2D eigenvalue weighted by Gasteiger charge is 2.22. The standard InChI is InChI=1S/C17H38N2O3Si2/c1-23(2,3)21-14-12-19(13-15-22-24(4,5)6)17(20)18-16-10-8-7-9-11-16/h16H,7-15H2,1-6H3,(H,18,20). The van der Waals surface area contributed by atoms with Gasteiger partial charge >= 0.3 is 6.03 Å². The quantitative estimate of drug-likeness (QED) is 0.620. The number of carbonyl (C=O) groups excluding carboxylic acids is 1. The molecule has 0 atom stereocenters. The molecule has 0 bridgehead atoms. The van der Waals surface area contributed by atoms with Crippen molar-refractivity contribution in [3.05, 3.63) is 0 Å². The second-order valence-electron chi connectivity index (χ2n) is 8.69. The van der Waals surface area contributed by atoms with Gasteiger partial charge in [0.1, 0.15) is 0 Å². The summed E-state index contributed by atoms with van der Waals surface area (Å²) in [7, 11) is -3.09. The maximum Gasteiger partial charge on any atom is 0.317 e. The summed E-state index contributed by atoms with van der Waals surface area (Å²) in [5.41, 5.74) is 0. The van der Waals surface area contributed by atoms with Crippen LogP contribution < -0.4 is 5.32 Å². The van der Waals surface area contributed by atoms with Crippen LogP contribution in [-0.2, 0) is 8.85 Å². The highest BCUT2D eigenvalue weighted by atomic mass is 28.4. The lowest BCUT2D eigenvalue weighted by molar-refractivity contribution is 0.160. The highest BCUT2D eigenvalue weighted by molar-refractivity contribution is 6.70. The number of hydrogen-bond acceptors (Lipinski definition) is 3. The van der Waals surface area contributed by atoms with Gasteiger partial charge in [0.05, 0.1) is 13.2 Å². The Bertz CT molecular complexity index is 355. The maximum absolute atomic E-state index is 12.6. The minimum Gasteiger partial charge on any atom is -0.416 e. The molecule has 0 unspecified atom stereocenters. The van der Waals surface area contributed by atoms with E-state index in [9.17, 15) is 4.79 Å². The smallest absolute Gasteiger partial charge is 0.317 e. The van der Waals surface area contributed by atoms with Crippen molar-refractivity contribution < 1.29 is 13.6 Å². The molecule has 142 valence electrons. The Kier molecular flexibility index (Phi) is 8.97. The van der Waals surface area contributed by atoms with Crippen LogP contribution >= 0.6 is 0 Å². The zero-order valence-corrected chi connectivity index (χ0v) is 18.6. The summed E-state index contributed by atoms with van der Waals surface area (Å²) in [5.74, 6) is 0. The Morgan fingerprint density at radius 1 is 0.917 bits per heavy atom. The van der Waals surface area contributed by atoms with Crippen LogP contribution in [0.3, 0.4) is 0 Å². The lowest BCUT2D eigenvalue weighted by Gasteiger charge is -2.30. The van der Waals surface area contributed by atoms with Crippen molar-refractivity contribution >= 4 is 22.7 Å². The lowest BCUT2D eigenvalue weighted by Crippen LogP contribution is -2.48. The summed E-state index contributed by atoms with van der Waals surface area (Å²) in [6, 6.07) is 0.379. The molecule has 1 saturated carbocycles. The molecule has 0 saturated heterocycles. The van der Waals surface area contributed by atoms with Crippen molar-refractivity contribution in [1.29, 1.82) is 0 Å². The van der Waals surface area contributed by atoms with Gasteiger partial charge in [-0.05, 0) is 52.1 Å². The number of rotatable bonds is 9. The molecule has 1 aliphatic carbocycles. The molecular weight excluding hydrogens is 336 g/mol. The molecule has 1 aliphatic rings. The highest BCUT2D eigenvalue weighted by Crippen LogP contribution is 2.17. The molecule has 1 N–H and O–H groups in total. The second kappa shape index (κ2) is 9.94. The predicted octanol–water partition coefficient (Wildman–Crippen LogP) is 4.03. The minimum absolute atomic E-state index is 0.0419. The molecule has 0 aromatic rings. The zero-order chi connectivity index (χ0) is 18.2. The van der Waals surface area contributed by atoms with Gasteiger partial charge in [0, 0.05) is 19.1 Å². The van der Waals surface area contributed by atoms with Gasteiger partial charge in [-0.2, -0.15) is 0 Å². The van der Waals surface area contributed by atoms with E-state index in [0.29, 0.717) is 32.3 Å². The molecule has 0 aliphatic heterocycles. The van der Waals surface area contributed by atoms with E-state index in [0.717, 1.165) is 12.8 Å². The fraction of sp³-hybridized carbons (Fsp3) is 0.941. The van der Waals surface area contributed by atoms with Crippen LogP contribution in [0.1, 0.15) is 32.1 Å². The van der Waals surface area contributed by atoms with Crippen molar-refractivity contribution in [3.8, 4) is 0 Å². The first-order valence-corrected chi connectivity index (χ1v) is 16.2. The molecule has 0 radical (unpaired) electrons. The Hall–Kier alpha value is -0.376. The molecule has 5 nitrogen and oxygen atoms in total. The topological polar surface area (TPSA) is 50.8 Å². The van der Waals surface area contributed by atoms with Gasteiger partial charge in [-0.1, -0.05) is 19.3 Å². The molecule has 1 fully saturated rings. The molecule has 0 aromatic carbocycles. The van der Waals surface area contributed by atoms with Crippen molar-refractivity contribution in [2.24, 2.45) is 0 Å². The molecule has 24 heavy (non-hydrogen) atoms. The molecular formula is C17H38N2O3Si2. The monoisotopic (exact) mass is 374 g/mol. The first kappa shape index (κ1) is 21.7. The van der Waals surface area contributed by atoms with Crippen LogP contribution in [0.2, 0.25) is 39.3 Å². The Labute approximate surface area is 150 Å². The van der Waals surface area contributed by atoms with Gasteiger partial charge < -0.3 is 19.1 Å². The number of hydrogen-bond donors (Lipinski definition) is 1. The number of nitrogens with zero attached hydrogens (tertiary/aromatic N) is 1. The SMILES string of the molecule is C[Si](C)(C)OCCN(CCO[Si](C)(C)C)C(=O)NC1CCCCC1. The van der Waals surface area contributed by atoms with Gasteiger partial charge in [0.25, 0.3) is 0 Å². The van der Waals surface area contributed by atoms with Crippen LogP contribution in [0.15, 0.2) is 0 Å². The average Bonchev–Trinajstić information content (AvgIpc) is 2.44. The summed E-state index contributed by atoms with van der Waals surface area (Å²) in [6.07, 6.45) is 5.96. The van der Waals surface area contributed by atoms with Crippen LogP contribution in [0.25, 0.3) is 0 Å². The third-order valence-corrected chi connectivity index (χ3v) is 6.15. The molecule has 0 aromatic heterocycles. The van der Waals surface area contributed by atoms with Crippen LogP contribution in [0.4, 0.5) is 4.79 Å². The predicted molar refractivity (Wildman–Crippen MR) is 106 cm³/mol. The number of nitrogens with one attached hydrogen (secondary N) is 1. The van der Waals surface area contributed by atoms with Gasteiger partial charge in [-0.3, -0.25) is 0 Å². The van der Waals surface area contributed by atoms with E-state index in [1.807, 2.05) is 4.90 Å². The van der Waals surface area contributed by atoms with Crippen LogP contribution in [-0.4, -0.2) is 59.9 Å². The van der Waals surface area contributed by atoms with Gasteiger partial charge in [-0.15, -0.1) is 0 Å². The maximum atomic E-state index is 12.6. The Morgan fingerprint density at radius 3 is 1.79 bits per heavy atom. The van der Waals surface area contributed by atoms with Crippen molar-refractivity contribution in [1.82, 2.24) is 10.2 Å². The van der Waals surface area contributed by atoms with Crippen molar-refractivity contribution in [3.63, 3.8) is 0 Å². The molecule has 2 amide bonds.